The van der Waals surface area contributed by atoms with Crippen molar-refractivity contribution < 1.29 is 4.84 Å². The van der Waals surface area contributed by atoms with E-state index in [1.165, 1.54) is 22.0 Å². The van der Waals surface area contributed by atoms with E-state index in [1.54, 1.807) is 5.06 Å². The summed E-state index contributed by atoms with van der Waals surface area (Å²) in [6, 6.07) is 7.34. The van der Waals surface area contributed by atoms with Crippen molar-refractivity contribution in [2.75, 3.05) is 5.73 Å². The average molecular weight is 245 g/mol. The number of fused-ring (bicyclic) bond motifs is 1. The van der Waals surface area contributed by atoms with Gasteiger partial charge in [-0.2, -0.15) is 0 Å². The van der Waals surface area contributed by atoms with E-state index in [4.69, 9.17) is 10.6 Å². The molecule has 0 bridgehead atoms. The van der Waals surface area contributed by atoms with E-state index in [2.05, 4.69) is 4.37 Å². The zero-order valence-corrected chi connectivity index (χ0v) is 9.85. The molecule has 3 rings (SSSR count). The average Bonchev–Trinajstić information content (AvgIpc) is 2.79. The second kappa shape index (κ2) is 4.10. The minimum Gasteiger partial charge on any atom is -0.399 e. The summed E-state index contributed by atoms with van der Waals surface area (Å²) in [6.45, 7) is 0.715. The highest BCUT2D eigenvalue weighted by atomic mass is 32.1. The van der Waals surface area contributed by atoms with Crippen LogP contribution in [0.15, 0.2) is 36.7 Å². The third kappa shape index (κ3) is 2.09. The van der Waals surface area contributed by atoms with Gasteiger partial charge in [0, 0.05) is 23.6 Å². The number of anilines is 1. The molecular formula is C12H11N3OS. The Bertz CT molecular complexity index is 547. The molecule has 86 valence electrons. The van der Waals surface area contributed by atoms with Gasteiger partial charge in [0.1, 0.15) is 0 Å². The maximum atomic E-state index is 5.70. The fourth-order valence-electron chi connectivity index (χ4n) is 1.62. The molecule has 1 aliphatic heterocycles. The summed E-state index contributed by atoms with van der Waals surface area (Å²) in [4.78, 5) is 6.90. The molecule has 5 heteroatoms. The largest absolute Gasteiger partial charge is 0.399 e. The second-order valence-corrected chi connectivity index (χ2v) is 4.60. The quantitative estimate of drug-likeness (QED) is 0.826. The van der Waals surface area contributed by atoms with Gasteiger partial charge in [0.15, 0.2) is 5.75 Å². The lowest BCUT2D eigenvalue weighted by atomic mass is 10.2. The maximum Gasteiger partial charge on any atom is 0.155 e. The Hall–Kier alpha value is -2.01. The summed E-state index contributed by atoms with van der Waals surface area (Å²) in [5.41, 5.74) is 7.54. The molecule has 2 N–H and O–H groups in total. The first-order chi connectivity index (χ1) is 8.31. The van der Waals surface area contributed by atoms with Crippen LogP contribution in [0, 0.1) is 0 Å². The van der Waals surface area contributed by atoms with E-state index in [0.717, 1.165) is 11.4 Å². The number of hydroxylamine groups is 2. The molecule has 17 heavy (non-hydrogen) atoms. The molecule has 1 aliphatic rings. The zero-order chi connectivity index (χ0) is 11.7. The molecule has 1 aromatic heterocycles. The molecule has 2 aromatic rings. The third-order valence-electron chi connectivity index (χ3n) is 2.50. The van der Waals surface area contributed by atoms with Crippen molar-refractivity contribution in [2.24, 2.45) is 0 Å². The van der Waals surface area contributed by atoms with Crippen LogP contribution in [0.2, 0.25) is 0 Å². The molecule has 0 spiro atoms. The highest BCUT2D eigenvalue weighted by Crippen LogP contribution is 2.24. The first-order valence-corrected chi connectivity index (χ1v) is 6.00. The predicted molar refractivity (Wildman–Crippen MR) is 68.2 cm³/mol. The summed E-state index contributed by atoms with van der Waals surface area (Å²) >= 11 is 1.50. The van der Waals surface area contributed by atoms with Crippen LogP contribution in [-0.2, 0) is 6.54 Å². The summed E-state index contributed by atoms with van der Waals surface area (Å²) < 4.78 is 4.15. The number of hydrogen-bond acceptors (Lipinski definition) is 5. The Labute approximate surface area is 103 Å². The topological polar surface area (TPSA) is 51.4 Å². The van der Waals surface area contributed by atoms with Crippen LogP contribution >= 0.6 is 11.5 Å². The Balaban J connectivity index is 1.73. The van der Waals surface area contributed by atoms with Gasteiger partial charge in [-0.05, 0) is 41.9 Å². The van der Waals surface area contributed by atoms with Crippen LogP contribution < -0.4 is 10.6 Å². The molecule has 4 nitrogen and oxygen atoms in total. The van der Waals surface area contributed by atoms with Crippen molar-refractivity contribution in [3.05, 3.63) is 47.1 Å². The predicted octanol–water partition coefficient (Wildman–Crippen LogP) is 2.51. The van der Waals surface area contributed by atoms with Gasteiger partial charge in [0.05, 0.1) is 11.4 Å². The normalized spacial score (nSPS) is 13.5. The van der Waals surface area contributed by atoms with Gasteiger partial charge < -0.3 is 10.6 Å². The number of nitrogens with two attached hydrogens (primary N) is 1. The first kappa shape index (κ1) is 10.2. The van der Waals surface area contributed by atoms with Gasteiger partial charge in [-0.3, -0.25) is 0 Å². The van der Waals surface area contributed by atoms with Crippen molar-refractivity contribution in [1.82, 2.24) is 9.44 Å². The van der Waals surface area contributed by atoms with Gasteiger partial charge in [-0.25, -0.2) is 9.44 Å². The Kier molecular flexibility index (Phi) is 2.45. The SMILES string of the molecule is Nc1ccc(ON2C=Cc3sncc3C2)cc1. The minimum absolute atomic E-state index is 0.715. The van der Waals surface area contributed by atoms with Crippen molar-refractivity contribution in [1.29, 1.82) is 0 Å². The van der Waals surface area contributed by atoms with Gasteiger partial charge >= 0.3 is 0 Å². The molecule has 0 atom stereocenters. The van der Waals surface area contributed by atoms with Crippen LogP contribution in [0.4, 0.5) is 5.69 Å². The van der Waals surface area contributed by atoms with E-state index in [1.807, 2.05) is 42.7 Å². The lowest BCUT2D eigenvalue weighted by Crippen LogP contribution is -2.22. The Morgan fingerprint density at radius 1 is 1.29 bits per heavy atom. The van der Waals surface area contributed by atoms with E-state index < -0.39 is 0 Å². The molecule has 0 saturated heterocycles. The molecule has 2 heterocycles. The van der Waals surface area contributed by atoms with Crippen LogP contribution in [-0.4, -0.2) is 9.44 Å². The molecule has 0 amide bonds. The monoisotopic (exact) mass is 245 g/mol. The third-order valence-corrected chi connectivity index (χ3v) is 3.30. The second-order valence-electron chi connectivity index (χ2n) is 3.77. The highest BCUT2D eigenvalue weighted by molar-refractivity contribution is 7.06. The standard InChI is InChI=1S/C12H11N3OS/c13-10-1-3-11(4-2-10)16-15-6-5-12-9(8-15)7-14-17-12/h1-7H,8,13H2. The number of nitrogens with zero attached hydrogens (tertiary/aromatic N) is 2. The van der Waals surface area contributed by atoms with Crippen LogP contribution in [0.1, 0.15) is 10.4 Å². The van der Waals surface area contributed by atoms with Crippen molar-refractivity contribution in [3.8, 4) is 5.75 Å². The fourth-order valence-corrected chi connectivity index (χ4v) is 2.27. The fraction of sp³-hybridized carbons (Fsp3) is 0.0833. The van der Waals surface area contributed by atoms with E-state index in [-0.39, 0.29) is 0 Å². The van der Waals surface area contributed by atoms with Crippen LogP contribution in [0.5, 0.6) is 5.75 Å². The van der Waals surface area contributed by atoms with Crippen molar-refractivity contribution in [2.45, 2.75) is 6.54 Å². The van der Waals surface area contributed by atoms with Gasteiger partial charge in [-0.15, -0.1) is 0 Å². The molecule has 0 radical (unpaired) electrons. The lowest BCUT2D eigenvalue weighted by molar-refractivity contribution is -0.0160. The number of aromatic nitrogens is 1. The first-order valence-electron chi connectivity index (χ1n) is 5.23. The smallest absolute Gasteiger partial charge is 0.155 e. The summed E-state index contributed by atoms with van der Waals surface area (Å²) in [5.74, 6) is 0.774. The van der Waals surface area contributed by atoms with E-state index >= 15 is 0 Å². The van der Waals surface area contributed by atoms with Gasteiger partial charge in [0.25, 0.3) is 0 Å². The zero-order valence-electron chi connectivity index (χ0n) is 9.04. The highest BCUT2D eigenvalue weighted by Gasteiger charge is 2.13. The molecule has 0 aliphatic carbocycles. The molecular weight excluding hydrogens is 234 g/mol. The Morgan fingerprint density at radius 3 is 2.94 bits per heavy atom. The molecule has 0 fully saturated rings. The van der Waals surface area contributed by atoms with E-state index in [0.29, 0.717) is 6.54 Å². The minimum atomic E-state index is 0.715. The number of nitrogen functional groups attached to an aromatic ring is 1. The van der Waals surface area contributed by atoms with Gasteiger partial charge in [0.2, 0.25) is 0 Å². The number of rotatable bonds is 2. The number of benzene rings is 1. The van der Waals surface area contributed by atoms with Crippen molar-refractivity contribution in [3.63, 3.8) is 0 Å². The number of hydrogen-bond donors (Lipinski definition) is 1. The van der Waals surface area contributed by atoms with Gasteiger partial charge in [-0.1, -0.05) is 0 Å². The summed E-state index contributed by atoms with van der Waals surface area (Å²) in [5, 5.41) is 1.78. The van der Waals surface area contributed by atoms with E-state index in [9.17, 15) is 0 Å². The lowest BCUT2D eigenvalue weighted by Gasteiger charge is -2.22. The molecule has 0 unspecified atom stereocenters. The summed E-state index contributed by atoms with van der Waals surface area (Å²) in [6.07, 6.45) is 5.80. The van der Waals surface area contributed by atoms with Crippen molar-refractivity contribution >= 4 is 23.3 Å². The Morgan fingerprint density at radius 2 is 2.12 bits per heavy atom. The van der Waals surface area contributed by atoms with Crippen LogP contribution in [0.3, 0.4) is 0 Å². The molecule has 0 saturated carbocycles. The maximum absolute atomic E-state index is 5.70. The van der Waals surface area contributed by atoms with Crippen LogP contribution in [0.25, 0.3) is 6.08 Å². The molecule has 1 aromatic carbocycles. The summed E-state index contributed by atoms with van der Waals surface area (Å²) in [7, 11) is 0.